The van der Waals surface area contributed by atoms with E-state index in [1.165, 1.54) is 5.56 Å². The molecule has 1 atom stereocenters. The molecule has 5 heteroatoms. The van der Waals surface area contributed by atoms with Crippen LogP contribution in [0.25, 0.3) is 0 Å². The predicted molar refractivity (Wildman–Crippen MR) is 95.4 cm³/mol. The highest BCUT2D eigenvalue weighted by atomic mass is 79.9. The normalized spacial score (nSPS) is 12.2. The fourth-order valence-corrected chi connectivity index (χ4v) is 3.75. The van der Waals surface area contributed by atoms with Crippen molar-refractivity contribution in [1.29, 1.82) is 0 Å². The van der Waals surface area contributed by atoms with Gasteiger partial charge in [0.05, 0.1) is 18.2 Å². The fraction of sp³-hybridized carbons (Fsp3) is 0.250. The summed E-state index contributed by atoms with van der Waals surface area (Å²) in [5.74, 6) is 0.686. The van der Waals surface area contributed by atoms with Crippen LogP contribution >= 0.6 is 43.5 Å². The van der Waals surface area contributed by atoms with Gasteiger partial charge in [0.2, 0.25) is 0 Å². The minimum Gasteiger partial charge on any atom is -0.495 e. The zero-order valence-electron chi connectivity index (χ0n) is 11.8. The Kier molecular flexibility index (Phi) is 6.11. The molecule has 0 aliphatic rings. The van der Waals surface area contributed by atoms with Gasteiger partial charge in [0, 0.05) is 8.95 Å². The van der Waals surface area contributed by atoms with Crippen LogP contribution in [0.15, 0.2) is 45.3 Å². The molecule has 0 fully saturated rings. The molecule has 0 aromatic heterocycles. The first-order valence-corrected chi connectivity index (χ1v) is 8.54. The van der Waals surface area contributed by atoms with E-state index < -0.39 is 0 Å². The molecule has 0 amide bonds. The lowest BCUT2D eigenvalue weighted by Gasteiger charge is -2.20. The van der Waals surface area contributed by atoms with Crippen molar-refractivity contribution in [1.82, 2.24) is 5.32 Å². The minimum absolute atomic E-state index is 0.0787. The molecule has 2 aromatic rings. The first kappa shape index (κ1) is 16.8. The fourth-order valence-electron chi connectivity index (χ4n) is 2.23. The molecule has 0 aliphatic heterocycles. The molecule has 0 saturated heterocycles. The zero-order valence-corrected chi connectivity index (χ0v) is 15.7. The van der Waals surface area contributed by atoms with Crippen molar-refractivity contribution in [3.8, 4) is 5.75 Å². The van der Waals surface area contributed by atoms with Gasteiger partial charge in [0.25, 0.3) is 0 Å². The van der Waals surface area contributed by atoms with E-state index in [9.17, 15) is 0 Å². The van der Waals surface area contributed by atoms with Crippen molar-refractivity contribution in [2.45, 2.75) is 13.0 Å². The summed E-state index contributed by atoms with van der Waals surface area (Å²) in [5, 5.41) is 4.12. The quantitative estimate of drug-likeness (QED) is 0.665. The van der Waals surface area contributed by atoms with Crippen molar-refractivity contribution in [3.05, 3.63) is 61.5 Å². The molecule has 1 N–H and O–H groups in total. The van der Waals surface area contributed by atoms with Gasteiger partial charge >= 0.3 is 0 Å². The highest BCUT2D eigenvalue weighted by Crippen LogP contribution is 2.32. The molecule has 0 heterocycles. The molecule has 112 valence electrons. The molecule has 2 rings (SSSR count). The third-order valence-electron chi connectivity index (χ3n) is 3.13. The van der Waals surface area contributed by atoms with Crippen LogP contribution in [-0.2, 0) is 0 Å². The summed E-state index contributed by atoms with van der Waals surface area (Å²) < 4.78 is 7.39. The van der Waals surface area contributed by atoms with Gasteiger partial charge in [-0.3, -0.25) is 0 Å². The Labute approximate surface area is 147 Å². The van der Waals surface area contributed by atoms with E-state index in [0.29, 0.717) is 10.8 Å². The number of methoxy groups -OCH3 is 1. The third-order valence-corrected chi connectivity index (χ3v) is 4.36. The molecule has 21 heavy (non-hydrogen) atoms. The summed E-state index contributed by atoms with van der Waals surface area (Å²) >= 11 is 13.2. The second-order valence-electron chi connectivity index (χ2n) is 4.59. The van der Waals surface area contributed by atoms with Gasteiger partial charge in [-0.15, -0.1) is 0 Å². The average molecular weight is 434 g/mol. The summed E-state index contributed by atoms with van der Waals surface area (Å²) in [6.07, 6.45) is 0. The van der Waals surface area contributed by atoms with Crippen LogP contribution in [0.4, 0.5) is 0 Å². The number of halogens is 3. The van der Waals surface area contributed by atoms with E-state index in [1.807, 2.05) is 24.3 Å². The van der Waals surface area contributed by atoms with Crippen LogP contribution in [-0.4, -0.2) is 13.7 Å². The Balaban J connectivity index is 2.47. The van der Waals surface area contributed by atoms with E-state index in [2.05, 4.69) is 56.2 Å². The first-order chi connectivity index (χ1) is 10.0. The van der Waals surface area contributed by atoms with Gasteiger partial charge in [-0.1, -0.05) is 56.5 Å². The average Bonchev–Trinajstić information content (AvgIpc) is 2.44. The number of benzene rings is 2. The molecule has 0 spiro atoms. The highest BCUT2D eigenvalue weighted by molar-refractivity contribution is 9.11. The lowest BCUT2D eigenvalue weighted by Crippen LogP contribution is -2.22. The summed E-state index contributed by atoms with van der Waals surface area (Å²) in [5.41, 5.74) is 2.28. The molecular weight excluding hydrogens is 417 g/mol. The van der Waals surface area contributed by atoms with Gasteiger partial charge in [-0.2, -0.15) is 0 Å². The molecular formula is C16H16Br2ClNO. The zero-order chi connectivity index (χ0) is 15.4. The number of nitrogens with one attached hydrogen (secondary N) is 1. The summed E-state index contributed by atoms with van der Waals surface area (Å²) in [7, 11) is 1.63. The Morgan fingerprint density at radius 3 is 2.33 bits per heavy atom. The van der Waals surface area contributed by atoms with Crippen molar-refractivity contribution < 1.29 is 4.74 Å². The van der Waals surface area contributed by atoms with Crippen molar-refractivity contribution in [2.75, 3.05) is 13.7 Å². The smallest absolute Gasteiger partial charge is 0.137 e. The Bertz CT molecular complexity index is 613. The molecule has 2 nitrogen and oxygen atoms in total. The van der Waals surface area contributed by atoms with Gasteiger partial charge in [0.1, 0.15) is 5.75 Å². The molecule has 2 aromatic carbocycles. The van der Waals surface area contributed by atoms with Gasteiger partial charge in [0.15, 0.2) is 0 Å². The molecule has 1 unspecified atom stereocenters. The Morgan fingerprint density at radius 2 is 1.76 bits per heavy atom. The number of hydrogen-bond donors (Lipinski definition) is 1. The standard InChI is InChI=1S/C16H16Br2ClNO/c1-3-20-16(11-6-12(17)9-13(18)7-11)10-4-5-14(19)15(8-10)21-2/h4-9,16,20H,3H2,1-2H3. The molecule has 0 radical (unpaired) electrons. The highest BCUT2D eigenvalue weighted by Gasteiger charge is 2.16. The van der Waals surface area contributed by atoms with Gasteiger partial charge in [-0.05, 0) is 48.0 Å². The van der Waals surface area contributed by atoms with Crippen LogP contribution in [0.3, 0.4) is 0 Å². The largest absolute Gasteiger partial charge is 0.495 e. The number of rotatable bonds is 5. The van der Waals surface area contributed by atoms with Crippen LogP contribution in [0.1, 0.15) is 24.1 Å². The lowest BCUT2D eigenvalue weighted by atomic mass is 9.98. The second kappa shape index (κ2) is 7.63. The van der Waals surface area contributed by atoms with Crippen LogP contribution in [0, 0.1) is 0 Å². The van der Waals surface area contributed by atoms with E-state index in [-0.39, 0.29) is 6.04 Å². The maximum atomic E-state index is 6.11. The number of hydrogen-bond acceptors (Lipinski definition) is 2. The van der Waals surface area contributed by atoms with Crippen LogP contribution in [0.5, 0.6) is 5.75 Å². The number of ether oxygens (including phenoxy) is 1. The molecule has 0 aliphatic carbocycles. The lowest BCUT2D eigenvalue weighted by molar-refractivity contribution is 0.414. The SMILES string of the molecule is CCNC(c1cc(Br)cc(Br)c1)c1ccc(Cl)c(OC)c1. The topological polar surface area (TPSA) is 21.3 Å². The minimum atomic E-state index is 0.0787. The van der Waals surface area contributed by atoms with E-state index in [1.54, 1.807) is 7.11 Å². The Hall–Kier alpha value is -0.550. The first-order valence-electron chi connectivity index (χ1n) is 6.58. The van der Waals surface area contributed by atoms with Crippen LogP contribution < -0.4 is 10.1 Å². The summed E-state index contributed by atoms with van der Waals surface area (Å²) in [6, 6.07) is 12.2. The predicted octanol–water partition coefficient (Wildman–Crippen LogP) is 5.57. The molecule has 0 bridgehead atoms. The monoisotopic (exact) mass is 431 g/mol. The summed E-state index contributed by atoms with van der Waals surface area (Å²) in [6.45, 7) is 2.95. The second-order valence-corrected chi connectivity index (χ2v) is 6.83. The van der Waals surface area contributed by atoms with Crippen molar-refractivity contribution >= 4 is 43.5 Å². The summed E-state index contributed by atoms with van der Waals surface area (Å²) in [4.78, 5) is 0. The van der Waals surface area contributed by atoms with E-state index in [4.69, 9.17) is 16.3 Å². The van der Waals surface area contributed by atoms with Crippen molar-refractivity contribution in [2.24, 2.45) is 0 Å². The maximum absolute atomic E-state index is 6.11. The Morgan fingerprint density at radius 1 is 1.10 bits per heavy atom. The third kappa shape index (κ3) is 4.22. The van der Waals surface area contributed by atoms with E-state index >= 15 is 0 Å². The maximum Gasteiger partial charge on any atom is 0.137 e. The van der Waals surface area contributed by atoms with Gasteiger partial charge in [-0.25, -0.2) is 0 Å². The van der Waals surface area contributed by atoms with Crippen molar-refractivity contribution in [3.63, 3.8) is 0 Å². The van der Waals surface area contributed by atoms with Gasteiger partial charge < -0.3 is 10.1 Å². The van der Waals surface area contributed by atoms with E-state index in [0.717, 1.165) is 21.1 Å². The molecule has 0 saturated carbocycles. The van der Waals surface area contributed by atoms with Crippen LogP contribution in [0.2, 0.25) is 5.02 Å².